The van der Waals surface area contributed by atoms with Gasteiger partial charge in [0.25, 0.3) is 11.5 Å². The fourth-order valence-electron chi connectivity index (χ4n) is 2.67. The van der Waals surface area contributed by atoms with Crippen LogP contribution in [0, 0.1) is 11.8 Å². The third-order valence-corrected chi connectivity index (χ3v) is 3.72. The van der Waals surface area contributed by atoms with Gasteiger partial charge in [0.15, 0.2) is 5.82 Å². The predicted octanol–water partition coefficient (Wildman–Crippen LogP) is 1.70. The number of amides is 1. The number of hydrogen-bond donors (Lipinski definition) is 3. The summed E-state index contributed by atoms with van der Waals surface area (Å²) >= 11 is 0. The third kappa shape index (κ3) is 4.63. The maximum absolute atomic E-state index is 12.2. The van der Waals surface area contributed by atoms with Gasteiger partial charge >= 0.3 is 0 Å². The first-order valence-electron chi connectivity index (χ1n) is 7.89. The van der Waals surface area contributed by atoms with Crippen molar-refractivity contribution in [3.63, 3.8) is 0 Å². The summed E-state index contributed by atoms with van der Waals surface area (Å²) < 4.78 is 0. The number of nitrogens with zero attached hydrogens (tertiary/aromatic N) is 1. The van der Waals surface area contributed by atoms with Crippen molar-refractivity contribution in [3.05, 3.63) is 40.4 Å². The molecule has 2 aromatic rings. The van der Waals surface area contributed by atoms with Crippen LogP contribution < -0.4 is 10.9 Å². The number of rotatable bonds is 7. The van der Waals surface area contributed by atoms with Crippen LogP contribution in [0.15, 0.2) is 29.1 Å². The Morgan fingerprint density at radius 3 is 2.78 bits per heavy atom. The molecule has 1 heterocycles. The van der Waals surface area contributed by atoms with Crippen molar-refractivity contribution in [1.82, 2.24) is 15.3 Å². The molecule has 23 heavy (non-hydrogen) atoms. The lowest BCUT2D eigenvalue weighted by Crippen LogP contribution is -2.32. The third-order valence-electron chi connectivity index (χ3n) is 3.72. The molecule has 0 saturated heterocycles. The maximum atomic E-state index is 12.2. The number of fused-ring (bicyclic) bond motifs is 1. The van der Waals surface area contributed by atoms with Crippen LogP contribution in [-0.4, -0.2) is 34.1 Å². The average molecular weight is 317 g/mol. The Balaban J connectivity index is 2.09. The van der Waals surface area contributed by atoms with E-state index in [9.17, 15) is 9.59 Å². The van der Waals surface area contributed by atoms with Gasteiger partial charge in [-0.25, -0.2) is 4.98 Å². The van der Waals surface area contributed by atoms with Crippen LogP contribution in [0.1, 0.15) is 37.3 Å². The Labute approximate surface area is 135 Å². The summed E-state index contributed by atoms with van der Waals surface area (Å²) in [6, 6.07) is 6.90. The summed E-state index contributed by atoms with van der Waals surface area (Å²) in [6.07, 6.45) is 1.56. The number of H-pyrrole nitrogens is 1. The molecule has 1 unspecified atom stereocenters. The molecule has 2 rings (SSSR count). The number of aliphatic hydroxyl groups is 1. The number of para-hydroxylation sites is 1. The number of aromatic amines is 1. The van der Waals surface area contributed by atoms with Gasteiger partial charge in [0.05, 0.1) is 10.9 Å². The minimum absolute atomic E-state index is 0.0148. The SMILES string of the molecule is CC(C)CC(CCO)CNC(=O)c1nc2ccccc2c(=O)[nH]1. The minimum Gasteiger partial charge on any atom is -0.396 e. The molecule has 1 amide bonds. The lowest BCUT2D eigenvalue weighted by molar-refractivity contribution is 0.0931. The summed E-state index contributed by atoms with van der Waals surface area (Å²) in [5, 5.41) is 12.4. The molecule has 0 aliphatic heterocycles. The second kappa shape index (κ2) is 7.87. The zero-order chi connectivity index (χ0) is 16.8. The zero-order valence-electron chi connectivity index (χ0n) is 13.5. The molecule has 0 aliphatic carbocycles. The Hall–Kier alpha value is -2.21. The number of benzene rings is 1. The molecule has 1 aromatic heterocycles. The molecular formula is C17H23N3O3. The van der Waals surface area contributed by atoms with Crippen molar-refractivity contribution in [2.75, 3.05) is 13.2 Å². The second-order valence-electron chi connectivity index (χ2n) is 6.15. The highest BCUT2D eigenvalue weighted by Crippen LogP contribution is 2.14. The summed E-state index contributed by atoms with van der Waals surface area (Å²) in [4.78, 5) is 30.9. The van der Waals surface area contributed by atoms with Gasteiger partial charge in [-0.1, -0.05) is 26.0 Å². The number of carbonyl (C=O) groups is 1. The lowest BCUT2D eigenvalue weighted by atomic mass is 9.94. The van der Waals surface area contributed by atoms with Crippen LogP contribution >= 0.6 is 0 Å². The molecule has 1 atom stereocenters. The molecule has 0 radical (unpaired) electrons. The van der Waals surface area contributed by atoms with E-state index in [1.807, 2.05) is 0 Å². The molecule has 0 saturated carbocycles. The molecule has 0 spiro atoms. The van der Waals surface area contributed by atoms with Crippen LogP contribution in [0.3, 0.4) is 0 Å². The number of nitrogens with one attached hydrogen (secondary N) is 2. The number of aliphatic hydroxyl groups excluding tert-OH is 1. The normalized spacial score (nSPS) is 12.5. The van der Waals surface area contributed by atoms with Gasteiger partial charge in [0, 0.05) is 13.2 Å². The Bertz CT molecular complexity index is 724. The van der Waals surface area contributed by atoms with Gasteiger partial charge in [-0.05, 0) is 36.8 Å². The maximum Gasteiger partial charge on any atom is 0.287 e. The van der Waals surface area contributed by atoms with Crippen LogP contribution in [0.2, 0.25) is 0 Å². The molecule has 3 N–H and O–H groups in total. The first kappa shape index (κ1) is 17.1. The largest absolute Gasteiger partial charge is 0.396 e. The molecule has 0 fully saturated rings. The predicted molar refractivity (Wildman–Crippen MR) is 89.3 cm³/mol. The van der Waals surface area contributed by atoms with Crippen LogP contribution in [-0.2, 0) is 0 Å². The highest BCUT2D eigenvalue weighted by atomic mass is 16.3. The van der Waals surface area contributed by atoms with E-state index < -0.39 is 5.91 Å². The van der Waals surface area contributed by atoms with Gasteiger partial charge in [-0.3, -0.25) is 9.59 Å². The van der Waals surface area contributed by atoms with E-state index >= 15 is 0 Å². The van der Waals surface area contributed by atoms with Gasteiger partial charge in [0.1, 0.15) is 0 Å². The van der Waals surface area contributed by atoms with E-state index in [0.29, 0.717) is 29.8 Å². The van der Waals surface area contributed by atoms with E-state index in [1.165, 1.54) is 0 Å². The summed E-state index contributed by atoms with van der Waals surface area (Å²) in [5.74, 6) is 0.304. The molecular weight excluding hydrogens is 294 g/mol. The Morgan fingerprint density at radius 1 is 1.35 bits per heavy atom. The standard InChI is InChI=1S/C17H23N3O3/c1-11(2)9-12(7-8-21)10-18-17(23)15-19-14-6-4-3-5-13(14)16(22)20-15/h3-6,11-12,21H,7-10H2,1-2H3,(H,18,23)(H,19,20,22). The van der Waals surface area contributed by atoms with Crippen molar-refractivity contribution in [2.24, 2.45) is 11.8 Å². The van der Waals surface area contributed by atoms with Gasteiger partial charge in [0.2, 0.25) is 0 Å². The quantitative estimate of drug-likeness (QED) is 0.724. The van der Waals surface area contributed by atoms with E-state index in [2.05, 4.69) is 29.1 Å². The van der Waals surface area contributed by atoms with Crippen LogP contribution in [0.4, 0.5) is 0 Å². The summed E-state index contributed by atoms with van der Waals surface area (Å²) in [5.41, 5.74) is 0.172. The van der Waals surface area contributed by atoms with E-state index in [4.69, 9.17) is 5.11 Å². The molecule has 6 heteroatoms. The highest BCUT2D eigenvalue weighted by Gasteiger charge is 2.15. The highest BCUT2D eigenvalue weighted by molar-refractivity contribution is 5.92. The van der Waals surface area contributed by atoms with Crippen molar-refractivity contribution >= 4 is 16.8 Å². The first-order valence-corrected chi connectivity index (χ1v) is 7.89. The molecule has 1 aromatic carbocycles. The summed E-state index contributed by atoms with van der Waals surface area (Å²) in [6.45, 7) is 4.76. The van der Waals surface area contributed by atoms with Crippen molar-refractivity contribution in [1.29, 1.82) is 0 Å². The van der Waals surface area contributed by atoms with Crippen molar-refractivity contribution in [2.45, 2.75) is 26.7 Å². The smallest absolute Gasteiger partial charge is 0.287 e. The fraction of sp³-hybridized carbons (Fsp3) is 0.471. The fourth-order valence-corrected chi connectivity index (χ4v) is 2.67. The van der Waals surface area contributed by atoms with Gasteiger partial charge < -0.3 is 15.4 Å². The topological polar surface area (TPSA) is 95.1 Å². The minimum atomic E-state index is -0.403. The van der Waals surface area contributed by atoms with Crippen molar-refractivity contribution in [3.8, 4) is 0 Å². The second-order valence-corrected chi connectivity index (χ2v) is 6.15. The Kier molecular flexibility index (Phi) is 5.87. The molecule has 6 nitrogen and oxygen atoms in total. The van der Waals surface area contributed by atoms with Crippen LogP contribution in [0.25, 0.3) is 10.9 Å². The number of hydrogen-bond acceptors (Lipinski definition) is 4. The van der Waals surface area contributed by atoms with Gasteiger partial charge in [-0.2, -0.15) is 0 Å². The first-order chi connectivity index (χ1) is 11.0. The monoisotopic (exact) mass is 317 g/mol. The van der Waals surface area contributed by atoms with E-state index in [0.717, 1.165) is 6.42 Å². The molecule has 0 aliphatic rings. The zero-order valence-corrected chi connectivity index (χ0v) is 13.5. The number of carbonyl (C=O) groups excluding carboxylic acids is 1. The van der Waals surface area contributed by atoms with Crippen LogP contribution in [0.5, 0.6) is 0 Å². The average Bonchev–Trinajstić information content (AvgIpc) is 2.52. The van der Waals surface area contributed by atoms with Gasteiger partial charge in [-0.15, -0.1) is 0 Å². The van der Waals surface area contributed by atoms with Crippen molar-refractivity contribution < 1.29 is 9.90 Å². The number of aromatic nitrogens is 2. The van der Waals surface area contributed by atoms with E-state index in [1.54, 1.807) is 24.3 Å². The van der Waals surface area contributed by atoms with E-state index in [-0.39, 0.29) is 23.9 Å². The summed E-state index contributed by atoms with van der Waals surface area (Å²) in [7, 11) is 0. The molecule has 124 valence electrons. The Morgan fingerprint density at radius 2 is 2.09 bits per heavy atom. The molecule has 0 bridgehead atoms. The lowest BCUT2D eigenvalue weighted by Gasteiger charge is -2.18.